The van der Waals surface area contributed by atoms with Gasteiger partial charge >= 0.3 is 0 Å². The highest BCUT2D eigenvalue weighted by atomic mass is 127. The molecule has 2 rings (SSSR count). The van der Waals surface area contributed by atoms with E-state index in [0.29, 0.717) is 6.04 Å². The number of hydrogen-bond donors (Lipinski definition) is 1. The van der Waals surface area contributed by atoms with E-state index in [1.807, 2.05) is 21.1 Å². The lowest BCUT2D eigenvalue weighted by Gasteiger charge is -2.26. The summed E-state index contributed by atoms with van der Waals surface area (Å²) in [6.45, 7) is 0.917. The van der Waals surface area contributed by atoms with Crippen molar-refractivity contribution in [2.75, 3.05) is 46.7 Å². The molecule has 27 heavy (non-hydrogen) atoms. The summed E-state index contributed by atoms with van der Waals surface area (Å²) in [6.07, 6.45) is 4.86. The van der Waals surface area contributed by atoms with Crippen LogP contribution in [0.4, 0.5) is 5.69 Å². The van der Waals surface area contributed by atoms with E-state index in [4.69, 9.17) is 0 Å². The molecule has 0 atom stereocenters. The Kier molecular flexibility index (Phi) is 9.90. The summed E-state index contributed by atoms with van der Waals surface area (Å²) in [5.74, 6) is 0.820. The first kappa shape index (κ1) is 23.5. The van der Waals surface area contributed by atoms with Gasteiger partial charge in [0.25, 0.3) is 0 Å². The molecule has 0 heterocycles. The fourth-order valence-corrected chi connectivity index (χ4v) is 3.09. The van der Waals surface area contributed by atoms with Crippen LogP contribution in [0.15, 0.2) is 29.3 Å². The molecule has 0 bridgehead atoms. The summed E-state index contributed by atoms with van der Waals surface area (Å²) in [5.41, 5.74) is 2.40. The van der Waals surface area contributed by atoms with Crippen molar-refractivity contribution < 1.29 is 4.79 Å². The minimum absolute atomic E-state index is 0. The lowest BCUT2D eigenvalue weighted by Crippen LogP contribution is -2.43. The van der Waals surface area contributed by atoms with Crippen LogP contribution in [-0.4, -0.2) is 69.5 Å². The molecule has 1 aliphatic rings. The smallest absolute Gasteiger partial charge is 0.243 e. The Morgan fingerprint density at radius 1 is 1.15 bits per heavy atom. The second-order valence-corrected chi connectivity index (χ2v) is 7.47. The van der Waals surface area contributed by atoms with E-state index in [1.54, 1.807) is 19.0 Å². The molecule has 6 nitrogen and oxygen atoms in total. The molecule has 1 fully saturated rings. The Hall–Kier alpha value is -1.51. The fraction of sp³-hybridized carbons (Fsp3) is 0.600. The number of hydrogen-bond acceptors (Lipinski definition) is 3. The van der Waals surface area contributed by atoms with Crippen molar-refractivity contribution in [2.45, 2.75) is 38.3 Å². The molecule has 0 aliphatic heterocycles. The van der Waals surface area contributed by atoms with Crippen LogP contribution in [0.3, 0.4) is 0 Å². The quantitative estimate of drug-likeness (QED) is 0.381. The summed E-state index contributed by atoms with van der Waals surface area (Å²) >= 11 is 0. The van der Waals surface area contributed by atoms with Gasteiger partial charge in [-0.25, -0.2) is 4.99 Å². The first-order chi connectivity index (χ1) is 12.4. The molecular formula is C20H34IN5O. The lowest BCUT2D eigenvalue weighted by atomic mass is 10.2. The zero-order chi connectivity index (χ0) is 19.1. The van der Waals surface area contributed by atoms with Gasteiger partial charge in [-0.3, -0.25) is 4.79 Å². The van der Waals surface area contributed by atoms with Crippen LogP contribution in [0.2, 0.25) is 0 Å². The predicted octanol–water partition coefficient (Wildman–Crippen LogP) is 2.78. The highest BCUT2D eigenvalue weighted by Gasteiger charge is 2.19. The summed E-state index contributed by atoms with van der Waals surface area (Å²) in [5, 5.41) is 3.56. The van der Waals surface area contributed by atoms with Crippen molar-refractivity contribution >= 4 is 41.5 Å². The van der Waals surface area contributed by atoms with Gasteiger partial charge in [-0.05, 0) is 30.5 Å². The van der Waals surface area contributed by atoms with Gasteiger partial charge in [-0.2, -0.15) is 0 Å². The highest BCUT2D eigenvalue weighted by molar-refractivity contribution is 14.0. The molecule has 0 saturated heterocycles. The zero-order valence-corrected chi connectivity index (χ0v) is 19.6. The Bertz CT molecular complexity index is 627. The van der Waals surface area contributed by atoms with Crippen LogP contribution >= 0.6 is 24.0 Å². The Morgan fingerprint density at radius 2 is 1.81 bits per heavy atom. The van der Waals surface area contributed by atoms with Crippen molar-refractivity contribution in [3.8, 4) is 0 Å². The second-order valence-electron chi connectivity index (χ2n) is 7.47. The second kappa shape index (κ2) is 11.4. The van der Waals surface area contributed by atoms with Crippen molar-refractivity contribution in [2.24, 2.45) is 4.99 Å². The van der Waals surface area contributed by atoms with Gasteiger partial charge < -0.3 is 20.0 Å². The summed E-state index contributed by atoms with van der Waals surface area (Å²) < 4.78 is 0. The molecule has 7 heteroatoms. The predicted molar refractivity (Wildman–Crippen MR) is 124 cm³/mol. The van der Waals surface area contributed by atoms with E-state index < -0.39 is 0 Å². The van der Waals surface area contributed by atoms with E-state index in [-0.39, 0.29) is 36.4 Å². The number of aliphatic imine (C=N–C) groups is 1. The van der Waals surface area contributed by atoms with Gasteiger partial charge in [-0.15, -0.1) is 24.0 Å². The Labute approximate surface area is 181 Å². The number of rotatable bonds is 6. The van der Waals surface area contributed by atoms with E-state index >= 15 is 0 Å². The van der Waals surface area contributed by atoms with Crippen molar-refractivity contribution in [3.05, 3.63) is 29.8 Å². The van der Waals surface area contributed by atoms with Gasteiger partial charge in [0.05, 0.1) is 0 Å². The Morgan fingerprint density at radius 3 is 2.41 bits per heavy atom. The molecule has 0 radical (unpaired) electrons. The lowest BCUT2D eigenvalue weighted by molar-refractivity contribution is -0.127. The maximum absolute atomic E-state index is 12.0. The van der Waals surface area contributed by atoms with Gasteiger partial charge in [0.1, 0.15) is 6.54 Å². The molecule has 1 aromatic rings. The van der Waals surface area contributed by atoms with Crippen LogP contribution in [0.1, 0.15) is 31.2 Å². The third-order valence-electron chi connectivity index (χ3n) is 4.76. The van der Waals surface area contributed by atoms with Crippen molar-refractivity contribution in [1.29, 1.82) is 0 Å². The number of benzene rings is 1. The molecular weight excluding hydrogens is 453 g/mol. The van der Waals surface area contributed by atoms with E-state index in [1.165, 1.54) is 36.9 Å². The number of amides is 1. The zero-order valence-electron chi connectivity index (χ0n) is 17.2. The fourth-order valence-electron chi connectivity index (χ4n) is 3.09. The molecule has 1 saturated carbocycles. The summed E-state index contributed by atoms with van der Waals surface area (Å²) in [7, 11) is 9.65. The van der Waals surface area contributed by atoms with E-state index in [2.05, 4.69) is 44.4 Å². The number of likely N-dealkylation sites (N-methyl/N-ethyl adjacent to an activating group) is 1. The van der Waals surface area contributed by atoms with Gasteiger partial charge in [0, 0.05) is 53.5 Å². The molecule has 1 amide bonds. The molecule has 152 valence electrons. The van der Waals surface area contributed by atoms with E-state index in [9.17, 15) is 4.79 Å². The number of nitrogens with zero attached hydrogens (tertiary/aromatic N) is 4. The van der Waals surface area contributed by atoms with E-state index in [0.717, 1.165) is 12.5 Å². The maximum Gasteiger partial charge on any atom is 0.243 e. The number of halogens is 1. The van der Waals surface area contributed by atoms with Crippen LogP contribution in [0.25, 0.3) is 0 Å². The van der Waals surface area contributed by atoms with Crippen LogP contribution in [0.5, 0.6) is 0 Å². The minimum atomic E-state index is 0. The number of guanidine groups is 1. The third-order valence-corrected chi connectivity index (χ3v) is 4.76. The Balaban J connectivity index is 0.00000364. The first-order valence-corrected chi connectivity index (χ1v) is 9.35. The molecule has 1 N–H and O–H groups in total. The standard InChI is InChI=1S/C20H33N5O.HI/c1-23(2)18-12-8-9-16(13-18)15-25(5)20(21-14-19(26)24(3)4)22-17-10-6-7-11-17;/h8-9,12-13,17H,6-7,10-11,14-15H2,1-5H3,(H,21,22);1H. The van der Waals surface area contributed by atoms with Crippen LogP contribution < -0.4 is 10.2 Å². The molecule has 0 spiro atoms. The summed E-state index contributed by atoms with van der Waals surface area (Å²) in [4.78, 5) is 22.3. The molecule has 1 aliphatic carbocycles. The number of carbonyl (C=O) groups is 1. The maximum atomic E-state index is 12.0. The van der Waals surface area contributed by atoms with Gasteiger partial charge in [0.2, 0.25) is 5.91 Å². The average molecular weight is 487 g/mol. The third kappa shape index (κ3) is 7.56. The summed E-state index contributed by atoms with van der Waals surface area (Å²) in [6, 6.07) is 8.95. The van der Waals surface area contributed by atoms with Crippen molar-refractivity contribution in [1.82, 2.24) is 15.1 Å². The highest BCUT2D eigenvalue weighted by Crippen LogP contribution is 2.18. The topological polar surface area (TPSA) is 51.2 Å². The van der Waals surface area contributed by atoms with Crippen LogP contribution in [0, 0.1) is 0 Å². The number of nitrogens with one attached hydrogen (secondary N) is 1. The average Bonchev–Trinajstić information content (AvgIpc) is 3.11. The monoisotopic (exact) mass is 487 g/mol. The van der Waals surface area contributed by atoms with Crippen molar-refractivity contribution in [3.63, 3.8) is 0 Å². The SMILES string of the molecule is CN(C)C(=O)CN=C(NC1CCCC1)N(C)Cc1cccc(N(C)C)c1.I. The first-order valence-electron chi connectivity index (χ1n) is 9.35. The minimum Gasteiger partial charge on any atom is -0.378 e. The van der Waals surface area contributed by atoms with Crippen LogP contribution in [-0.2, 0) is 11.3 Å². The molecule has 1 aromatic carbocycles. The largest absolute Gasteiger partial charge is 0.378 e. The van der Waals surface area contributed by atoms with Gasteiger partial charge in [0.15, 0.2) is 5.96 Å². The van der Waals surface area contributed by atoms with Gasteiger partial charge in [-0.1, -0.05) is 25.0 Å². The number of carbonyl (C=O) groups excluding carboxylic acids is 1. The number of anilines is 1. The molecule has 0 unspecified atom stereocenters. The molecule has 0 aromatic heterocycles. The normalized spacial score (nSPS) is 14.5.